The van der Waals surface area contributed by atoms with Crippen molar-refractivity contribution < 1.29 is 17.9 Å². The fourth-order valence-electron chi connectivity index (χ4n) is 3.49. The summed E-state index contributed by atoms with van der Waals surface area (Å²) in [4.78, 5) is 17.9. The van der Waals surface area contributed by atoms with Crippen molar-refractivity contribution in [3.8, 4) is 16.2 Å². The van der Waals surface area contributed by atoms with E-state index in [0.29, 0.717) is 35.2 Å². The van der Waals surface area contributed by atoms with Gasteiger partial charge >= 0.3 is 0 Å². The van der Waals surface area contributed by atoms with Gasteiger partial charge in [-0.2, -0.15) is 4.31 Å². The Labute approximate surface area is 199 Å². The van der Waals surface area contributed by atoms with Gasteiger partial charge in [-0.15, -0.1) is 0 Å². The van der Waals surface area contributed by atoms with E-state index in [-0.39, 0.29) is 17.2 Å². The molecule has 1 N–H and O–H groups in total. The molecule has 1 aromatic heterocycles. The van der Waals surface area contributed by atoms with Crippen molar-refractivity contribution in [1.82, 2.24) is 9.29 Å². The number of nitrogens with one attached hydrogen (secondary N) is 1. The van der Waals surface area contributed by atoms with E-state index < -0.39 is 10.0 Å². The molecule has 0 aliphatic rings. The maximum absolute atomic E-state index is 13.2. The first-order valence-electron chi connectivity index (χ1n) is 10.7. The molecule has 1 amide bonds. The standard InChI is InChI=1S/C24H29N3O4S2/c1-6-27(7-2)33(29,30)21-15-19(12-13-20(21)31-5)23-17(4)25-24(32-23)26-22(28)14-18-10-8-16(3)9-11-18/h8-13,15H,6-7,14H2,1-5H3,(H,25,26,28). The highest BCUT2D eigenvalue weighted by molar-refractivity contribution is 7.89. The van der Waals surface area contributed by atoms with Gasteiger partial charge in [0, 0.05) is 13.1 Å². The lowest BCUT2D eigenvalue weighted by Gasteiger charge is -2.20. The molecule has 0 fully saturated rings. The fourth-order valence-corrected chi connectivity index (χ4v) is 6.11. The summed E-state index contributed by atoms with van der Waals surface area (Å²) in [5, 5.41) is 3.33. The van der Waals surface area contributed by atoms with Crippen LogP contribution in [0, 0.1) is 13.8 Å². The average molecular weight is 488 g/mol. The molecule has 0 aliphatic carbocycles. The van der Waals surface area contributed by atoms with Gasteiger partial charge in [-0.05, 0) is 43.2 Å². The number of amides is 1. The van der Waals surface area contributed by atoms with E-state index in [0.717, 1.165) is 16.0 Å². The van der Waals surface area contributed by atoms with Gasteiger partial charge in [-0.25, -0.2) is 13.4 Å². The number of thiazole rings is 1. The van der Waals surface area contributed by atoms with Crippen LogP contribution in [0.15, 0.2) is 47.4 Å². The fraction of sp³-hybridized carbons (Fsp3) is 0.333. The third-order valence-corrected chi connectivity index (χ3v) is 8.47. The summed E-state index contributed by atoms with van der Waals surface area (Å²) < 4.78 is 33.1. The average Bonchev–Trinajstić information content (AvgIpc) is 3.15. The van der Waals surface area contributed by atoms with Gasteiger partial charge in [0.15, 0.2) is 5.13 Å². The number of nitrogens with zero attached hydrogens (tertiary/aromatic N) is 2. The second-order valence-corrected chi connectivity index (χ2v) is 10.5. The molecule has 0 atom stereocenters. The molecule has 0 unspecified atom stereocenters. The third-order valence-electron chi connectivity index (χ3n) is 5.28. The van der Waals surface area contributed by atoms with Crippen LogP contribution >= 0.6 is 11.3 Å². The van der Waals surface area contributed by atoms with Crippen molar-refractivity contribution in [2.45, 2.75) is 39.0 Å². The van der Waals surface area contributed by atoms with Crippen molar-refractivity contribution in [2.24, 2.45) is 0 Å². The summed E-state index contributed by atoms with van der Waals surface area (Å²) in [5.74, 6) is 0.137. The molecule has 0 spiro atoms. The Morgan fingerprint density at radius 1 is 1.09 bits per heavy atom. The number of sulfonamides is 1. The minimum Gasteiger partial charge on any atom is -0.495 e. The first kappa shape index (κ1) is 24.9. The zero-order valence-corrected chi connectivity index (χ0v) is 21.1. The summed E-state index contributed by atoms with van der Waals surface area (Å²) in [7, 11) is -2.26. The molecule has 0 aliphatic heterocycles. The smallest absolute Gasteiger partial charge is 0.246 e. The van der Waals surface area contributed by atoms with Crippen LogP contribution in [0.3, 0.4) is 0 Å². The second kappa shape index (κ2) is 10.5. The van der Waals surface area contributed by atoms with Gasteiger partial charge in [0.1, 0.15) is 10.6 Å². The van der Waals surface area contributed by atoms with E-state index in [9.17, 15) is 13.2 Å². The highest BCUT2D eigenvalue weighted by Crippen LogP contribution is 2.37. The molecule has 1 heterocycles. The molecule has 2 aromatic carbocycles. The summed E-state index contributed by atoms with van der Waals surface area (Å²) in [5.41, 5.74) is 3.48. The lowest BCUT2D eigenvalue weighted by Crippen LogP contribution is -2.30. The largest absolute Gasteiger partial charge is 0.495 e. The molecule has 0 saturated heterocycles. The van der Waals surface area contributed by atoms with Crippen LogP contribution in [-0.4, -0.2) is 43.8 Å². The van der Waals surface area contributed by atoms with Crippen molar-refractivity contribution in [2.75, 3.05) is 25.5 Å². The SMILES string of the molecule is CCN(CC)S(=O)(=O)c1cc(-c2sc(NC(=O)Cc3ccc(C)cc3)nc2C)ccc1OC. The van der Waals surface area contributed by atoms with Crippen LogP contribution in [0.5, 0.6) is 5.75 Å². The maximum atomic E-state index is 13.2. The monoisotopic (exact) mass is 487 g/mol. The molecule has 176 valence electrons. The molecule has 0 saturated carbocycles. The Hall–Kier alpha value is -2.75. The molecule has 3 rings (SSSR count). The Bertz CT molecular complexity index is 1230. The number of aryl methyl sites for hydroxylation is 2. The number of ether oxygens (including phenoxy) is 1. The predicted molar refractivity (Wildman–Crippen MR) is 132 cm³/mol. The van der Waals surface area contributed by atoms with E-state index in [1.165, 1.54) is 22.8 Å². The molecule has 33 heavy (non-hydrogen) atoms. The Balaban J connectivity index is 1.88. The van der Waals surface area contributed by atoms with Gasteiger partial charge in [-0.1, -0.05) is 55.0 Å². The third kappa shape index (κ3) is 5.61. The van der Waals surface area contributed by atoms with Gasteiger partial charge in [-0.3, -0.25) is 4.79 Å². The van der Waals surface area contributed by atoms with Crippen LogP contribution in [0.1, 0.15) is 30.7 Å². The number of anilines is 1. The van der Waals surface area contributed by atoms with Crippen molar-refractivity contribution in [1.29, 1.82) is 0 Å². The zero-order valence-electron chi connectivity index (χ0n) is 19.5. The second-order valence-electron chi connectivity index (χ2n) is 7.60. The lowest BCUT2D eigenvalue weighted by atomic mass is 10.1. The molecule has 3 aromatic rings. The summed E-state index contributed by atoms with van der Waals surface area (Å²) in [6.45, 7) is 8.17. The van der Waals surface area contributed by atoms with Crippen LogP contribution < -0.4 is 10.1 Å². The Kier molecular flexibility index (Phi) is 7.88. The van der Waals surface area contributed by atoms with E-state index in [1.54, 1.807) is 32.0 Å². The number of carbonyl (C=O) groups excluding carboxylic acids is 1. The van der Waals surface area contributed by atoms with Crippen molar-refractivity contribution in [3.05, 3.63) is 59.3 Å². The van der Waals surface area contributed by atoms with E-state index >= 15 is 0 Å². The Morgan fingerprint density at radius 3 is 2.36 bits per heavy atom. The topological polar surface area (TPSA) is 88.6 Å². The van der Waals surface area contributed by atoms with Crippen LogP contribution in [0.25, 0.3) is 10.4 Å². The molecular weight excluding hydrogens is 458 g/mol. The maximum Gasteiger partial charge on any atom is 0.246 e. The molecule has 7 nitrogen and oxygen atoms in total. The first-order chi connectivity index (χ1) is 15.7. The number of benzene rings is 2. The number of hydrogen-bond donors (Lipinski definition) is 1. The Morgan fingerprint density at radius 2 is 1.76 bits per heavy atom. The lowest BCUT2D eigenvalue weighted by molar-refractivity contribution is -0.115. The van der Waals surface area contributed by atoms with Crippen LogP contribution in [-0.2, 0) is 21.2 Å². The predicted octanol–water partition coefficient (Wildman–Crippen LogP) is 4.65. The minimum atomic E-state index is -3.71. The van der Waals surface area contributed by atoms with Gasteiger partial charge in [0.25, 0.3) is 0 Å². The highest BCUT2D eigenvalue weighted by Gasteiger charge is 2.26. The van der Waals surface area contributed by atoms with Gasteiger partial charge in [0.05, 0.1) is 24.1 Å². The quantitative estimate of drug-likeness (QED) is 0.475. The van der Waals surface area contributed by atoms with Crippen molar-refractivity contribution in [3.63, 3.8) is 0 Å². The number of aromatic nitrogens is 1. The molecule has 0 bridgehead atoms. The van der Waals surface area contributed by atoms with E-state index in [1.807, 2.05) is 38.1 Å². The zero-order chi connectivity index (χ0) is 24.2. The first-order valence-corrected chi connectivity index (χ1v) is 13.0. The minimum absolute atomic E-state index is 0.115. The van der Waals surface area contributed by atoms with Crippen LogP contribution in [0.2, 0.25) is 0 Å². The molecule has 9 heteroatoms. The van der Waals surface area contributed by atoms with Gasteiger partial charge in [0.2, 0.25) is 15.9 Å². The number of carbonyl (C=O) groups is 1. The molecular formula is C24H29N3O4S2. The number of hydrogen-bond acceptors (Lipinski definition) is 6. The van der Waals surface area contributed by atoms with Crippen molar-refractivity contribution >= 4 is 32.4 Å². The van der Waals surface area contributed by atoms with Crippen LogP contribution in [0.4, 0.5) is 5.13 Å². The van der Waals surface area contributed by atoms with E-state index in [2.05, 4.69) is 10.3 Å². The summed E-state index contributed by atoms with van der Waals surface area (Å²) in [6.07, 6.45) is 0.253. The normalized spacial score (nSPS) is 11.6. The molecule has 0 radical (unpaired) electrons. The number of rotatable bonds is 9. The van der Waals surface area contributed by atoms with Gasteiger partial charge < -0.3 is 10.1 Å². The highest BCUT2D eigenvalue weighted by atomic mass is 32.2. The van der Waals surface area contributed by atoms with E-state index in [4.69, 9.17) is 4.74 Å². The number of methoxy groups -OCH3 is 1. The summed E-state index contributed by atoms with van der Waals surface area (Å²) in [6, 6.07) is 12.9. The summed E-state index contributed by atoms with van der Waals surface area (Å²) >= 11 is 1.31.